The molecule has 0 aromatic rings. The normalized spacial score (nSPS) is 40.9. The van der Waals surface area contributed by atoms with E-state index in [1.165, 1.54) is 57.8 Å². The summed E-state index contributed by atoms with van der Waals surface area (Å²) < 4.78 is 6.01. The fourth-order valence-corrected chi connectivity index (χ4v) is 10.5. The second-order valence-electron chi connectivity index (χ2n) is 14.2. The summed E-state index contributed by atoms with van der Waals surface area (Å²) in [4.78, 5) is 12.0. The molecule has 0 radical (unpaired) electrons. The van der Waals surface area contributed by atoms with Gasteiger partial charge in [0.05, 0.1) is 0 Å². The van der Waals surface area contributed by atoms with Crippen LogP contribution < -0.4 is 0 Å². The van der Waals surface area contributed by atoms with Crippen LogP contribution in [0.25, 0.3) is 0 Å². The maximum absolute atomic E-state index is 12.0. The van der Waals surface area contributed by atoms with Gasteiger partial charge in [0, 0.05) is 12.3 Å². The maximum atomic E-state index is 12.0. The van der Waals surface area contributed by atoms with Crippen LogP contribution in [0.15, 0.2) is 11.6 Å². The molecule has 0 N–H and O–H groups in total. The van der Waals surface area contributed by atoms with Crippen LogP contribution in [-0.2, 0) is 9.53 Å². The topological polar surface area (TPSA) is 26.3 Å². The van der Waals surface area contributed by atoms with Crippen molar-refractivity contribution in [1.29, 1.82) is 0 Å². The molecule has 0 spiro atoms. The number of hydrogen-bond donors (Lipinski definition) is 0. The summed E-state index contributed by atoms with van der Waals surface area (Å²) in [6.45, 7) is 18.9. The van der Waals surface area contributed by atoms with E-state index in [9.17, 15) is 4.79 Å². The molecule has 8 atom stereocenters. The molecule has 0 bridgehead atoms. The highest BCUT2D eigenvalue weighted by molar-refractivity contribution is 5.66. The predicted octanol–water partition coefficient (Wildman–Crippen LogP) is 9.38. The van der Waals surface area contributed by atoms with Crippen LogP contribution in [0.2, 0.25) is 0 Å². The predicted molar refractivity (Wildman–Crippen MR) is 147 cm³/mol. The first-order chi connectivity index (χ1) is 16.5. The highest BCUT2D eigenvalue weighted by atomic mass is 16.5. The molecule has 0 amide bonds. The summed E-state index contributed by atoms with van der Waals surface area (Å²) in [5.41, 5.74) is 2.54. The van der Waals surface area contributed by atoms with Gasteiger partial charge in [0.2, 0.25) is 0 Å². The summed E-state index contributed by atoms with van der Waals surface area (Å²) in [7, 11) is 0. The lowest BCUT2D eigenvalue weighted by Crippen LogP contribution is -2.56. The summed E-state index contributed by atoms with van der Waals surface area (Å²) in [6, 6.07) is 0. The summed E-state index contributed by atoms with van der Waals surface area (Å²) in [6.07, 6.45) is 18.4. The zero-order valence-corrected chi connectivity index (χ0v) is 24.4. The highest BCUT2D eigenvalue weighted by Crippen LogP contribution is 2.70. The van der Waals surface area contributed by atoms with Crippen molar-refractivity contribution in [2.24, 2.45) is 51.8 Å². The zero-order chi connectivity index (χ0) is 25.6. The van der Waals surface area contributed by atoms with Gasteiger partial charge < -0.3 is 4.74 Å². The van der Waals surface area contributed by atoms with Gasteiger partial charge in [-0.3, -0.25) is 4.79 Å². The molecular formula is C33H56O2. The highest BCUT2D eigenvalue weighted by Gasteiger charge is 2.62. The second kappa shape index (κ2) is 10.2. The number of carbonyl (C=O) groups is 1. The van der Waals surface area contributed by atoms with Crippen molar-refractivity contribution >= 4 is 5.97 Å². The minimum atomic E-state index is -0.105. The Bertz CT molecular complexity index is 791. The Morgan fingerprint density at radius 1 is 1.00 bits per heavy atom. The molecule has 35 heavy (non-hydrogen) atoms. The Morgan fingerprint density at radius 2 is 1.71 bits per heavy atom. The van der Waals surface area contributed by atoms with Crippen LogP contribution in [0.3, 0.4) is 0 Å². The van der Waals surface area contributed by atoms with Crippen LogP contribution in [-0.4, -0.2) is 12.1 Å². The van der Waals surface area contributed by atoms with Crippen molar-refractivity contribution in [2.45, 2.75) is 139 Å². The van der Waals surface area contributed by atoms with Crippen LogP contribution in [0.4, 0.5) is 0 Å². The van der Waals surface area contributed by atoms with Crippen molar-refractivity contribution in [2.75, 3.05) is 0 Å². The molecule has 3 fully saturated rings. The van der Waals surface area contributed by atoms with Crippen molar-refractivity contribution in [3.8, 4) is 0 Å². The Balaban J connectivity index is 1.58. The molecule has 200 valence electrons. The lowest BCUT2D eigenvalue weighted by Gasteiger charge is -2.62. The number of carbonyl (C=O) groups excluding carboxylic acids is 1. The lowest BCUT2D eigenvalue weighted by molar-refractivity contribution is -0.160. The van der Waals surface area contributed by atoms with E-state index in [0.717, 1.165) is 54.8 Å². The number of fused-ring (bicyclic) bond motifs is 5. The molecule has 2 heteroatoms. The van der Waals surface area contributed by atoms with Gasteiger partial charge in [-0.2, -0.15) is 0 Å². The van der Waals surface area contributed by atoms with Gasteiger partial charge >= 0.3 is 5.97 Å². The van der Waals surface area contributed by atoms with E-state index in [2.05, 4.69) is 54.5 Å². The number of ether oxygens (including phenoxy) is 1. The van der Waals surface area contributed by atoms with E-state index >= 15 is 0 Å². The molecule has 4 aliphatic rings. The molecule has 0 aromatic carbocycles. The molecule has 0 heterocycles. The molecule has 0 unspecified atom stereocenters. The first-order valence-electron chi connectivity index (χ1n) is 15.4. The SMILES string of the molecule is CCC1(CC)C2=CC[C@H]3[C@@H]4CC[C@H]([C@@H](C)CCCC(C)C)[C@@]4(C)CC[C@@H]3[C@@]2(C)CC[C@@H]1OC(C)=O. The standard InChI is InChI=1S/C33H56O2/c1-9-33(10-2)29-17-14-25-27-16-15-26(23(5)13-11-12-22(3)4)31(27,7)20-18-28(25)32(29,8)21-19-30(33)35-24(6)34/h17,22-23,25-28,30H,9-16,18-21H2,1-8H3/t23-,25-,26+,27-,28-,30-,31+,32+/m0/s1. The Hall–Kier alpha value is -0.790. The molecule has 4 rings (SSSR count). The third-order valence-corrected chi connectivity index (χ3v) is 12.3. The van der Waals surface area contributed by atoms with Crippen molar-refractivity contribution < 1.29 is 9.53 Å². The monoisotopic (exact) mass is 484 g/mol. The van der Waals surface area contributed by atoms with Crippen LogP contribution >= 0.6 is 0 Å². The maximum Gasteiger partial charge on any atom is 0.302 e. The van der Waals surface area contributed by atoms with Crippen molar-refractivity contribution in [3.63, 3.8) is 0 Å². The van der Waals surface area contributed by atoms with Gasteiger partial charge in [-0.1, -0.05) is 79.4 Å². The molecule has 0 saturated heterocycles. The van der Waals surface area contributed by atoms with Crippen LogP contribution in [0.5, 0.6) is 0 Å². The van der Waals surface area contributed by atoms with Crippen LogP contribution in [0, 0.1) is 51.8 Å². The van der Waals surface area contributed by atoms with Gasteiger partial charge in [0.1, 0.15) is 6.10 Å². The van der Waals surface area contributed by atoms with Crippen molar-refractivity contribution in [1.82, 2.24) is 0 Å². The fraction of sp³-hybridized carbons (Fsp3) is 0.909. The van der Waals surface area contributed by atoms with Gasteiger partial charge in [-0.05, 0) is 104 Å². The Kier molecular flexibility index (Phi) is 7.92. The average Bonchev–Trinajstić information content (AvgIpc) is 3.16. The van der Waals surface area contributed by atoms with E-state index in [1.807, 2.05) is 0 Å². The number of esters is 1. The first kappa shape index (κ1) is 27.3. The quantitative estimate of drug-likeness (QED) is 0.253. The molecule has 4 aliphatic carbocycles. The summed E-state index contributed by atoms with van der Waals surface area (Å²) in [5.74, 6) is 5.09. The molecule has 2 nitrogen and oxygen atoms in total. The summed E-state index contributed by atoms with van der Waals surface area (Å²) >= 11 is 0. The minimum absolute atomic E-state index is 0.0352. The third-order valence-electron chi connectivity index (χ3n) is 12.3. The Morgan fingerprint density at radius 3 is 2.34 bits per heavy atom. The molecular weight excluding hydrogens is 428 g/mol. The van der Waals surface area contributed by atoms with E-state index in [-0.39, 0.29) is 22.9 Å². The van der Waals surface area contributed by atoms with Crippen LogP contribution in [0.1, 0.15) is 132 Å². The van der Waals surface area contributed by atoms with Crippen molar-refractivity contribution in [3.05, 3.63) is 11.6 Å². The first-order valence-corrected chi connectivity index (χ1v) is 15.4. The number of hydrogen-bond acceptors (Lipinski definition) is 2. The lowest BCUT2D eigenvalue weighted by atomic mass is 9.43. The van der Waals surface area contributed by atoms with Gasteiger partial charge in [-0.25, -0.2) is 0 Å². The molecule has 0 aromatic heterocycles. The van der Waals surface area contributed by atoms with Gasteiger partial charge in [0.25, 0.3) is 0 Å². The summed E-state index contributed by atoms with van der Waals surface area (Å²) in [5, 5.41) is 0. The smallest absolute Gasteiger partial charge is 0.302 e. The van der Waals surface area contributed by atoms with Gasteiger partial charge in [0.15, 0.2) is 0 Å². The third kappa shape index (κ3) is 4.46. The fourth-order valence-electron chi connectivity index (χ4n) is 10.5. The van der Waals surface area contributed by atoms with Gasteiger partial charge in [-0.15, -0.1) is 0 Å². The van der Waals surface area contributed by atoms with E-state index in [1.54, 1.807) is 12.5 Å². The van der Waals surface area contributed by atoms with E-state index < -0.39 is 0 Å². The largest absolute Gasteiger partial charge is 0.462 e. The number of rotatable bonds is 8. The Labute approximate surface area is 217 Å². The van der Waals surface area contributed by atoms with E-state index in [4.69, 9.17) is 4.74 Å². The number of allylic oxidation sites excluding steroid dienone is 1. The van der Waals surface area contributed by atoms with E-state index in [0.29, 0.717) is 5.41 Å². The molecule has 3 saturated carbocycles. The minimum Gasteiger partial charge on any atom is -0.462 e. The molecule has 0 aliphatic heterocycles. The second-order valence-corrected chi connectivity index (χ2v) is 14.2. The average molecular weight is 485 g/mol. The zero-order valence-electron chi connectivity index (χ0n) is 24.4.